The zero-order valence-corrected chi connectivity index (χ0v) is 19.8. The second kappa shape index (κ2) is 8.24. The third-order valence-corrected chi connectivity index (χ3v) is 6.06. The lowest BCUT2D eigenvalue weighted by Gasteiger charge is -2.27. The maximum Gasteiger partial charge on any atom is 0.335 e. The van der Waals surface area contributed by atoms with E-state index in [9.17, 15) is 14.4 Å². The molecule has 4 amide bonds. The van der Waals surface area contributed by atoms with E-state index in [0.717, 1.165) is 43.1 Å². The molecule has 162 valence electrons. The van der Waals surface area contributed by atoms with Gasteiger partial charge in [-0.25, -0.2) is 9.69 Å². The van der Waals surface area contributed by atoms with E-state index in [1.807, 2.05) is 57.2 Å². The molecule has 3 aromatic rings. The van der Waals surface area contributed by atoms with Gasteiger partial charge in [-0.15, -0.1) is 0 Å². The third-order valence-electron chi connectivity index (χ3n) is 5.56. The minimum Gasteiger partial charge on any atom is -0.318 e. The van der Waals surface area contributed by atoms with Crippen LogP contribution in [-0.2, 0) is 9.59 Å². The first-order valence-electron chi connectivity index (χ1n) is 10.1. The highest BCUT2D eigenvalue weighted by Crippen LogP contribution is 2.29. The number of rotatable bonds is 3. The van der Waals surface area contributed by atoms with Crippen LogP contribution < -0.4 is 10.2 Å². The summed E-state index contributed by atoms with van der Waals surface area (Å²) < 4.78 is 2.90. The van der Waals surface area contributed by atoms with Gasteiger partial charge >= 0.3 is 6.03 Å². The fourth-order valence-corrected chi connectivity index (χ4v) is 4.40. The number of nitrogens with zero attached hydrogens (tertiary/aromatic N) is 2. The molecule has 0 atom stereocenters. The molecule has 0 spiro atoms. The van der Waals surface area contributed by atoms with Crippen LogP contribution in [-0.4, -0.2) is 22.4 Å². The zero-order chi connectivity index (χ0) is 23.2. The lowest BCUT2D eigenvalue weighted by atomic mass is 10.1. The molecule has 0 radical (unpaired) electrons. The van der Waals surface area contributed by atoms with E-state index in [0.29, 0.717) is 5.69 Å². The molecule has 1 aliphatic heterocycles. The van der Waals surface area contributed by atoms with E-state index in [-0.39, 0.29) is 5.57 Å². The summed E-state index contributed by atoms with van der Waals surface area (Å²) >= 11 is 3.38. The lowest BCUT2D eigenvalue weighted by Crippen LogP contribution is -2.54. The first kappa shape index (κ1) is 21.8. The maximum absolute atomic E-state index is 13.3. The second-order valence-corrected chi connectivity index (χ2v) is 8.80. The molecule has 32 heavy (non-hydrogen) atoms. The average Bonchev–Trinajstić information content (AvgIpc) is 3.00. The van der Waals surface area contributed by atoms with Crippen molar-refractivity contribution in [3.05, 3.63) is 86.7 Å². The normalized spacial score (nSPS) is 15.5. The largest absolute Gasteiger partial charge is 0.335 e. The van der Waals surface area contributed by atoms with Crippen LogP contribution in [0.5, 0.6) is 0 Å². The summed E-state index contributed by atoms with van der Waals surface area (Å²) in [5.41, 5.74) is 5.84. The number of carbonyl (C=O) groups excluding carboxylic acids is 3. The number of hydrogen-bond acceptors (Lipinski definition) is 3. The van der Waals surface area contributed by atoms with Crippen molar-refractivity contribution in [3.8, 4) is 5.69 Å². The van der Waals surface area contributed by atoms with Crippen molar-refractivity contribution < 1.29 is 14.4 Å². The predicted molar refractivity (Wildman–Crippen MR) is 128 cm³/mol. The van der Waals surface area contributed by atoms with Crippen LogP contribution >= 0.6 is 15.9 Å². The number of aryl methyl sites for hydroxylation is 3. The number of carbonyl (C=O) groups is 3. The number of amides is 4. The summed E-state index contributed by atoms with van der Waals surface area (Å²) in [6.07, 6.45) is 1.55. The van der Waals surface area contributed by atoms with E-state index < -0.39 is 17.8 Å². The fourth-order valence-electron chi connectivity index (χ4n) is 3.93. The van der Waals surface area contributed by atoms with Crippen molar-refractivity contribution in [1.82, 2.24) is 9.88 Å². The zero-order valence-electron chi connectivity index (χ0n) is 18.2. The molecule has 1 saturated heterocycles. The molecule has 0 saturated carbocycles. The number of aromatic nitrogens is 1. The van der Waals surface area contributed by atoms with Crippen LogP contribution in [0.4, 0.5) is 10.5 Å². The Bertz CT molecular complexity index is 1300. The highest BCUT2D eigenvalue weighted by molar-refractivity contribution is 9.10. The van der Waals surface area contributed by atoms with E-state index in [1.165, 1.54) is 0 Å². The van der Waals surface area contributed by atoms with Gasteiger partial charge in [-0.05, 0) is 81.3 Å². The molecule has 7 heteroatoms. The van der Waals surface area contributed by atoms with Gasteiger partial charge in [-0.3, -0.25) is 14.9 Å². The third kappa shape index (κ3) is 3.80. The number of nitrogens with one attached hydrogen (secondary N) is 1. The van der Waals surface area contributed by atoms with Gasteiger partial charge in [-0.1, -0.05) is 33.6 Å². The van der Waals surface area contributed by atoms with Gasteiger partial charge in [0.05, 0.1) is 5.69 Å². The predicted octanol–water partition coefficient (Wildman–Crippen LogP) is 5.14. The number of imide groups is 2. The van der Waals surface area contributed by atoms with Crippen LogP contribution in [0.15, 0.2) is 58.6 Å². The Labute approximate surface area is 194 Å². The molecule has 2 aromatic carbocycles. The van der Waals surface area contributed by atoms with E-state index in [2.05, 4.69) is 25.8 Å². The molecule has 6 nitrogen and oxygen atoms in total. The SMILES string of the molecule is Cc1ccc(-n2c(C)cc(/C=C3\C(=O)NC(=O)N(c4ccc(Br)cc4C)C3=O)c2C)cc1. The van der Waals surface area contributed by atoms with Gasteiger partial charge in [0.15, 0.2) is 0 Å². The summed E-state index contributed by atoms with van der Waals surface area (Å²) in [7, 11) is 0. The van der Waals surface area contributed by atoms with Gasteiger partial charge in [-0.2, -0.15) is 0 Å². The molecule has 1 N–H and O–H groups in total. The molecule has 1 fully saturated rings. The summed E-state index contributed by atoms with van der Waals surface area (Å²) in [5.74, 6) is -1.35. The minimum absolute atomic E-state index is 0.0870. The first-order chi connectivity index (χ1) is 15.2. The van der Waals surface area contributed by atoms with E-state index in [1.54, 1.807) is 25.1 Å². The standard InChI is InChI=1S/C25H22BrN3O3/c1-14-5-8-20(9-6-14)28-16(3)12-18(17(28)4)13-21-23(30)27-25(32)29(24(21)31)22-10-7-19(26)11-15(22)2/h5-13H,1-4H3,(H,27,30,32)/b21-13+. The van der Waals surface area contributed by atoms with Crippen LogP contribution in [0.2, 0.25) is 0 Å². The number of anilines is 1. The molecule has 0 aliphatic carbocycles. The quantitative estimate of drug-likeness (QED) is 0.407. The van der Waals surface area contributed by atoms with Crippen LogP contribution in [0, 0.1) is 27.7 Å². The van der Waals surface area contributed by atoms with E-state index in [4.69, 9.17) is 0 Å². The smallest absolute Gasteiger partial charge is 0.318 e. The van der Waals surface area contributed by atoms with E-state index >= 15 is 0 Å². The molecule has 0 unspecified atom stereocenters. The van der Waals surface area contributed by atoms with Gasteiger partial charge in [0.25, 0.3) is 11.8 Å². The average molecular weight is 492 g/mol. The van der Waals surface area contributed by atoms with Gasteiger partial charge in [0, 0.05) is 21.5 Å². The summed E-state index contributed by atoms with van der Waals surface area (Å²) in [5, 5.41) is 2.29. The summed E-state index contributed by atoms with van der Waals surface area (Å²) in [6.45, 7) is 7.74. The van der Waals surface area contributed by atoms with Crippen molar-refractivity contribution in [2.45, 2.75) is 27.7 Å². The Kier molecular flexibility index (Phi) is 5.60. The lowest BCUT2D eigenvalue weighted by molar-refractivity contribution is -0.122. The Hall–Kier alpha value is -3.45. The Morgan fingerprint density at radius 3 is 2.25 bits per heavy atom. The minimum atomic E-state index is -0.757. The Balaban J connectivity index is 1.77. The topological polar surface area (TPSA) is 71.4 Å². The number of benzene rings is 2. The molecule has 4 rings (SSSR count). The Morgan fingerprint density at radius 1 is 0.906 bits per heavy atom. The summed E-state index contributed by atoms with van der Waals surface area (Å²) in [6, 6.07) is 14.5. The summed E-state index contributed by atoms with van der Waals surface area (Å²) in [4.78, 5) is 39.4. The highest BCUT2D eigenvalue weighted by Gasteiger charge is 2.37. The molecule has 2 heterocycles. The molecular weight excluding hydrogens is 470 g/mol. The first-order valence-corrected chi connectivity index (χ1v) is 10.9. The van der Waals surface area contributed by atoms with Gasteiger partial charge in [0.1, 0.15) is 5.57 Å². The second-order valence-electron chi connectivity index (χ2n) is 7.89. The van der Waals surface area contributed by atoms with Crippen LogP contribution in [0.1, 0.15) is 28.1 Å². The van der Waals surface area contributed by atoms with Crippen molar-refractivity contribution in [2.24, 2.45) is 0 Å². The molecule has 0 bridgehead atoms. The Morgan fingerprint density at radius 2 is 1.59 bits per heavy atom. The van der Waals surface area contributed by atoms with Crippen molar-refractivity contribution in [3.63, 3.8) is 0 Å². The fraction of sp³-hybridized carbons (Fsp3) is 0.160. The van der Waals surface area contributed by atoms with Crippen molar-refractivity contribution in [1.29, 1.82) is 0 Å². The van der Waals surface area contributed by atoms with Gasteiger partial charge < -0.3 is 4.57 Å². The van der Waals surface area contributed by atoms with Gasteiger partial charge in [0.2, 0.25) is 0 Å². The number of halogens is 1. The van der Waals surface area contributed by atoms with Crippen molar-refractivity contribution >= 4 is 45.5 Å². The van der Waals surface area contributed by atoms with Crippen LogP contribution in [0.3, 0.4) is 0 Å². The van der Waals surface area contributed by atoms with Crippen LogP contribution in [0.25, 0.3) is 11.8 Å². The number of barbiturate groups is 1. The molecule has 1 aromatic heterocycles. The number of hydrogen-bond donors (Lipinski definition) is 1. The number of urea groups is 1. The highest BCUT2D eigenvalue weighted by atomic mass is 79.9. The molecule has 1 aliphatic rings. The maximum atomic E-state index is 13.3. The van der Waals surface area contributed by atoms with Crippen molar-refractivity contribution in [2.75, 3.05) is 4.90 Å². The molecular formula is C25H22BrN3O3. The monoisotopic (exact) mass is 491 g/mol.